The Morgan fingerprint density at radius 2 is 2.54 bits per heavy atom. The van der Waals surface area contributed by atoms with Crippen LogP contribution < -0.4 is 5.32 Å². The molecule has 0 saturated carbocycles. The smallest absolute Gasteiger partial charge is 0.269 e. The molecule has 1 heterocycles. The Balaban J connectivity index is 3.04. The van der Waals surface area contributed by atoms with Gasteiger partial charge in [-0.15, -0.1) is 0 Å². The fourth-order valence-corrected chi connectivity index (χ4v) is 0.785. The zero-order chi connectivity index (χ0) is 9.68. The second kappa shape index (κ2) is 4.08. The molecule has 1 aromatic heterocycles. The van der Waals surface area contributed by atoms with Crippen molar-refractivity contribution < 1.29 is 4.79 Å². The first kappa shape index (κ1) is 9.02. The molecule has 0 unspecified atom stereocenters. The summed E-state index contributed by atoms with van der Waals surface area (Å²) in [6, 6.07) is 2.94. The quantitative estimate of drug-likeness (QED) is 0.420. The van der Waals surface area contributed by atoms with E-state index in [1.807, 2.05) is 0 Å². The predicted molar refractivity (Wildman–Crippen MR) is 46.4 cm³/mol. The maximum Gasteiger partial charge on any atom is 0.269 e. The lowest BCUT2D eigenvalue weighted by Gasteiger charge is -1.98. The van der Waals surface area contributed by atoms with E-state index in [4.69, 9.17) is 5.53 Å². The van der Waals surface area contributed by atoms with E-state index >= 15 is 0 Å². The minimum absolute atomic E-state index is 0.229. The number of pyridine rings is 1. The fourth-order valence-electron chi connectivity index (χ4n) is 0.785. The average molecular weight is 177 g/mol. The summed E-state index contributed by atoms with van der Waals surface area (Å²) in [5.41, 5.74) is 8.74. The molecule has 0 aromatic carbocycles. The van der Waals surface area contributed by atoms with Crippen LogP contribution in [0.15, 0.2) is 23.4 Å². The van der Waals surface area contributed by atoms with Crippen molar-refractivity contribution in [2.75, 3.05) is 7.05 Å². The Morgan fingerprint density at radius 3 is 3.15 bits per heavy atom. The van der Waals surface area contributed by atoms with Crippen molar-refractivity contribution in [2.45, 2.75) is 0 Å². The van der Waals surface area contributed by atoms with Gasteiger partial charge in [-0.3, -0.25) is 9.78 Å². The highest BCUT2D eigenvalue weighted by atomic mass is 16.1. The topological polar surface area (TPSA) is 90.8 Å². The number of azide groups is 1. The van der Waals surface area contributed by atoms with Crippen molar-refractivity contribution in [3.8, 4) is 0 Å². The molecular weight excluding hydrogens is 170 g/mol. The SMILES string of the molecule is CNC(=O)c1cc(N=[N+]=[N-])ccn1. The van der Waals surface area contributed by atoms with E-state index in [1.54, 1.807) is 0 Å². The Kier molecular flexibility index (Phi) is 2.83. The molecule has 6 nitrogen and oxygen atoms in total. The minimum atomic E-state index is -0.310. The van der Waals surface area contributed by atoms with Crippen molar-refractivity contribution in [3.63, 3.8) is 0 Å². The van der Waals surface area contributed by atoms with Crippen molar-refractivity contribution in [2.24, 2.45) is 5.11 Å². The number of nitrogens with one attached hydrogen (secondary N) is 1. The van der Waals surface area contributed by atoms with Gasteiger partial charge in [-0.2, -0.15) is 0 Å². The van der Waals surface area contributed by atoms with E-state index in [1.165, 1.54) is 25.4 Å². The number of aromatic nitrogens is 1. The molecule has 1 amide bonds. The Hall–Kier alpha value is -2.07. The second-order valence-corrected chi connectivity index (χ2v) is 2.17. The zero-order valence-electron chi connectivity index (χ0n) is 6.93. The van der Waals surface area contributed by atoms with E-state index in [2.05, 4.69) is 20.3 Å². The highest BCUT2D eigenvalue weighted by Gasteiger charge is 2.03. The van der Waals surface area contributed by atoms with Crippen molar-refractivity contribution >= 4 is 11.6 Å². The number of nitrogens with zero attached hydrogens (tertiary/aromatic N) is 4. The largest absolute Gasteiger partial charge is 0.354 e. The first-order valence-electron chi connectivity index (χ1n) is 3.51. The van der Waals surface area contributed by atoms with Gasteiger partial charge in [0.25, 0.3) is 5.91 Å². The molecule has 0 aliphatic heterocycles. The molecule has 13 heavy (non-hydrogen) atoms. The first-order chi connectivity index (χ1) is 6.27. The highest BCUT2D eigenvalue weighted by molar-refractivity contribution is 5.92. The summed E-state index contributed by atoms with van der Waals surface area (Å²) < 4.78 is 0. The van der Waals surface area contributed by atoms with Crippen molar-refractivity contribution in [1.82, 2.24) is 10.3 Å². The molecule has 0 spiro atoms. The molecule has 0 aliphatic carbocycles. The lowest BCUT2D eigenvalue weighted by molar-refractivity contribution is 0.0958. The van der Waals surface area contributed by atoms with E-state index in [0.29, 0.717) is 5.69 Å². The molecule has 0 aliphatic rings. The van der Waals surface area contributed by atoms with E-state index in [9.17, 15) is 4.79 Å². The third-order valence-corrected chi connectivity index (χ3v) is 1.36. The lowest BCUT2D eigenvalue weighted by atomic mass is 10.3. The van der Waals surface area contributed by atoms with Gasteiger partial charge in [0.05, 0.1) is 0 Å². The van der Waals surface area contributed by atoms with Gasteiger partial charge >= 0.3 is 0 Å². The van der Waals surface area contributed by atoms with Gasteiger partial charge < -0.3 is 5.32 Å². The third-order valence-electron chi connectivity index (χ3n) is 1.36. The van der Waals surface area contributed by atoms with Crippen LogP contribution in [0.3, 0.4) is 0 Å². The van der Waals surface area contributed by atoms with E-state index in [0.717, 1.165) is 0 Å². The Bertz CT molecular complexity index is 369. The van der Waals surface area contributed by atoms with Crippen molar-refractivity contribution in [3.05, 3.63) is 34.5 Å². The highest BCUT2D eigenvalue weighted by Crippen LogP contribution is 2.11. The third kappa shape index (κ3) is 2.18. The number of hydrogen-bond donors (Lipinski definition) is 1. The summed E-state index contributed by atoms with van der Waals surface area (Å²) in [6.45, 7) is 0. The van der Waals surface area contributed by atoms with Gasteiger partial charge in [-0.1, -0.05) is 5.11 Å². The molecule has 0 fully saturated rings. The average Bonchev–Trinajstić information content (AvgIpc) is 2.18. The summed E-state index contributed by atoms with van der Waals surface area (Å²) >= 11 is 0. The first-order valence-corrected chi connectivity index (χ1v) is 3.51. The van der Waals surface area contributed by atoms with Gasteiger partial charge in [0.2, 0.25) is 0 Å². The van der Waals surface area contributed by atoms with Crippen LogP contribution in [0.2, 0.25) is 0 Å². The number of amides is 1. The van der Waals surface area contributed by atoms with Crippen LogP contribution in [0.4, 0.5) is 5.69 Å². The van der Waals surface area contributed by atoms with Crippen LogP contribution in [-0.4, -0.2) is 17.9 Å². The normalized spacial score (nSPS) is 8.69. The molecule has 0 bridgehead atoms. The van der Waals surface area contributed by atoms with Crippen LogP contribution in [0, 0.1) is 0 Å². The van der Waals surface area contributed by atoms with Crippen LogP contribution in [0.1, 0.15) is 10.5 Å². The minimum Gasteiger partial charge on any atom is -0.354 e. The van der Waals surface area contributed by atoms with Crippen LogP contribution in [-0.2, 0) is 0 Å². The monoisotopic (exact) mass is 177 g/mol. The molecule has 66 valence electrons. The molecule has 0 radical (unpaired) electrons. The standard InChI is InChI=1S/C7H7N5O/c1-9-7(13)6-4-5(11-12-8)2-3-10-6/h2-4H,1H3,(H,9,13). The van der Waals surface area contributed by atoms with Crippen molar-refractivity contribution in [1.29, 1.82) is 0 Å². The molecule has 0 atom stereocenters. The van der Waals surface area contributed by atoms with Crippen LogP contribution >= 0.6 is 0 Å². The van der Waals surface area contributed by atoms with Gasteiger partial charge in [0.15, 0.2) is 0 Å². The molecule has 1 aromatic rings. The number of carbonyl (C=O) groups is 1. The molecule has 0 saturated heterocycles. The van der Waals surface area contributed by atoms with Gasteiger partial charge in [0.1, 0.15) is 5.69 Å². The summed E-state index contributed by atoms with van der Waals surface area (Å²) in [4.78, 5) is 17.5. The molecule has 1 rings (SSSR count). The Labute approximate surface area is 74.2 Å². The maximum atomic E-state index is 11.1. The number of carbonyl (C=O) groups excluding carboxylic acids is 1. The maximum absolute atomic E-state index is 11.1. The zero-order valence-corrected chi connectivity index (χ0v) is 6.93. The van der Waals surface area contributed by atoms with Crippen LogP contribution in [0.5, 0.6) is 0 Å². The van der Waals surface area contributed by atoms with E-state index in [-0.39, 0.29) is 11.6 Å². The van der Waals surface area contributed by atoms with Gasteiger partial charge in [0, 0.05) is 23.8 Å². The van der Waals surface area contributed by atoms with Gasteiger partial charge in [-0.25, -0.2) is 0 Å². The summed E-state index contributed by atoms with van der Waals surface area (Å²) in [7, 11) is 1.50. The molecular formula is C7H7N5O. The van der Waals surface area contributed by atoms with Crippen LogP contribution in [0.25, 0.3) is 10.4 Å². The summed E-state index contributed by atoms with van der Waals surface area (Å²) in [5, 5.41) is 5.76. The molecule has 1 N–H and O–H groups in total. The number of rotatable bonds is 2. The fraction of sp³-hybridized carbons (Fsp3) is 0.143. The Morgan fingerprint density at radius 1 is 1.77 bits per heavy atom. The molecule has 6 heteroatoms. The predicted octanol–water partition coefficient (Wildman–Crippen LogP) is 1.38. The van der Waals surface area contributed by atoms with Gasteiger partial charge in [-0.05, 0) is 17.7 Å². The van der Waals surface area contributed by atoms with E-state index < -0.39 is 0 Å². The lowest BCUT2D eigenvalue weighted by Crippen LogP contribution is -2.18. The number of hydrogen-bond acceptors (Lipinski definition) is 3. The summed E-state index contributed by atoms with van der Waals surface area (Å²) in [5.74, 6) is -0.310. The second-order valence-electron chi connectivity index (χ2n) is 2.17. The summed E-state index contributed by atoms with van der Waals surface area (Å²) in [6.07, 6.45) is 1.41.